The lowest BCUT2D eigenvalue weighted by Crippen LogP contribution is -1.96. The van der Waals surface area contributed by atoms with E-state index in [0.29, 0.717) is 5.82 Å². The largest absolute Gasteiger partial charge is 0.383 e. The Kier molecular flexibility index (Phi) is 5.49. The van der Waals surface area contributed by atoms with Crippen LogP contribution >= 0.6 is 11.9 Å². The van der Waals surface area contributed by atoms with Crippen LogP contribution in [0.2, 0.25) is 0 Å². The van der Waals surface area contributed by atoms with Crippen molar-refractivity contribution in [3.63, 3.8) is 0 Å². The summed E-state index contributed by atoms with van der Waals surface area (Å²) in [6.07, 6.45) is 1.67. The molecule has 68 valence electrons. The minimum atomic E-state index is 0.507. The summed E-state index contributed by atoms with van der Waals surface area (Å²) in [7, 11) is 0. The fourth-order valence-corrected chi connectivity index (χ4v) is 1.15. The van der Waals surface area contributed by atoms with E-state index in [1.165, 1.54) is 0 Å². The van der Waals surface area contributed by atoms with Crippen molar-refractivity contribution in [1.29, 1.82) is 0 Å². The Balaban J connectivity index is 0.000000561. The Morgan fingerprint density at radius 3 is 2.33 bits per heavy atom. The van der Waals surface area contributed by atoms with Crippen LogP contribution in [0, 0.1) is 6.92 Å². The minimum absolute atomic E-state index is 0.507. The molecule has 0 aliphatic rings. The molecule has 0 aliphatic carbocycles. The van der Waals surface area contributed by atoms with Gasteiger partial charge in [-0.2, -0.15) is 0 Å². The third-order valence-electron chi connectivity index (χ3n) is 1.25. The van der Waals surface area contributed by atoms with E-state index < -0.39 is 0 Å². The number of nitrogens with two attached hydrogens (primary N) is 2. The first kappa shape index (κ1) is 11.3. The lowest BCUT2D eigenvalue weighted by Gasteiger charge is -2.02. The van der Waals surface area contributed by atoms with Gasteiger partial charge in [0, 0.05) is 6.20 Å². The minimum Gasteiger partial charge on any atom is -0.383 e. The molecule has 1 heterocycles. The normalized spacial score (nSPS) is 8.67. The molecule has 0 spiro atoms. The van der Waals surface area contributed by atoms with Gasteiger partial charge in [0.1, 0.15) is 5.82 Å². The van der Waals surface area contributed by atoms with Crippen molar-refractivity contribution in [2.75, 3.05) is 5.73 Å². The number of pyridine rings is 1. The van der Waals surface area contributed by atoms with Crippen LogP contribution in [0.1, 0.15) is 19.4 Å². The summed E-state index contributed by atoms with van der Waals surface area (Å²) < 4.78 is 0. The lowest BCUT2D eigenvalue weighted by atomic mass is 10.3. The van der Waals surface area contributed by atoms with Crippen molar-refractivity contribution >= 4 is 17.8 Å². The molecular formula is C8H15N3S. The molecule has 1 rings (SSSR count). The Morgan fingerprint density at radius 2 is 2.00 bits per heavy atom. The van der Waals surface area contributed by atoms with E-state index >= 15 is 0 Å². The summed E-state index contributed by atoms with van der Waals surface area (Å²) in [5.74, 6) is 0.507. The summed E-state index contributed by atoms with van der Waals surface area (Å²) in [4.78, 5) is 4.75. The molecule has 0 aliphatic heterocycles. The summed E-state index contributed by atoms with van der Waals surface area (Å²) in [6, 6.07) is 1.88. The SMILES string of the molecule is CC.Cc1ccnc(N)c1SN. The Labute approximate surface area is 77.7 Å². The molecule has 12 heavy (non-hydrogen) atoms. The maximum Gasteiger partial charge on any atom is 0.138 e. The molecule has 0 unspecified atom stereocenters. The average molecular weight is 185 g/mol. The zero-order valence-corrected chi connectivity index (χ0v) is 8.48. The second-order valence-corrected chi connectivity index (χ2v) is 2.60. The fourth-order valence-electron chi connectivity index (χ4n) is 0.719. The highest BCUT2D eigenvalue weighted by Crippen LogP contribution is 2.21. The van der Waals surface area contributed by atoms with E-state index in [9.17, 15) is 0 Å². The van der Waals surface area contributed by atoms with Gasteiger partial charge in [0.25, 0.3) is 0 Å². The molecule has 0 bridgehead atoms. The van der Waals surface area contributed by atoms with Gasteiger partial charge in [-0.25, -0.2) is 4.98 Å². The third kappa shape index (κ3) is 2.71. The van der Waals surface area contributed by atoms with E-state index in [4.69, 9.17) is 10.9 Å². The number of aryl methyl sites for hydroxylation is 1. The maximum atomic E-state index is 5.52. The molecule has 0 saturated heterocycles. The summed E-state index contributed by atoms with van der Waals surface area (Å²) in [5, 5.41) is 5.35. The van der Waals surface area contributed by atoms with Gasteiger partial charge in [0.2, 0.25) is 0 Å². The van der Waals surface area contributed by atoms with Crippen LogP contribution in [0.15, 0.2) is 17.2 Å². The molecule has 1 aromatic heterocycles. The van der Waals surface area contributed by atoms with Crippen molar-refractivity contribution in [3.8, 4) is 0 Å². The quantitative estimate of drug-likeness (QED) is 0.656. The van der Waals surface area contributed by atoms with Crippen LogP contribution in [0.25, 0.3) is 0 Å². The van der Waals surface area contributed by atoms with Gasteiger partial charge < -0.3 is 5.73 Å². The maximum absolute atomic E-state index is 5.52. The smallest absolute Gasteiger partial charge is 0.138 e. The summed E-state index contributed by atoms with van der Waals surface area (Å²) in [5.41, 5.74) is 6.59. The Hall–Kier alpha value is -0.740. The number of nitrogen functional groups attached to an aromatic ring is 1. The van der Waals surface area contributed by atoms with Crippen LogP contribution in [0.4, 0.5) is 5.82 Å². The lowest BCUT2D eigenvalue weighted by molar-refractivity contribution is 1.19. The third-order valence-corrected chi connectivity index (χ3v) is 2.01. The van der Waals surface area contributed by atoms with Gasteiger partial charge in [0.05, 0.1) is 4.90 Å². The number of rotatable bonds is 1. The van der Waals surface area contributed by atoms with Crippen molar-refractivity contribution in [1.82, 2.24) is 4.98 Å². The predicted octanol–water partition coefficient (Wildman–Crippen LogP) is 1.96. The molecule has 1 aromatic rings. The zero-order chi connectivity index (χ0) is 9.56. The van der Waals surface area contributed by atoms with Crippen molar-refractivity contribution in [2.45, 2.75) is 25.7 Å². The van der Waals surface area contributed by atoms with E-state index in [2.05, 4.69) is 4.98 Å². The van der Waals surface area contributed by atoms with Gasteiger partial charge in [-0.05, 0) is 30.5 Å². The molecule has 0 fully saturated rings. The second-order valence-electron chi connectivity index (χ2n) is 1.96. The highest BCUT2D eigenvalue weighted by Gasteiger charge is 2.00. The predicted molar refractivity (Wildman–Crippen MR) is 54.8 cm³/mol. The first-order valence-electron chi connectivity index (χ1n) is 3.83. The van der Waals surface area contributed by atoms with E-state index in [1.807, 2.05) is 26.8 Å². The van der Waals surface area contributed by atoms with Gasteiger partial charge in [-0.15, -0.1) is 0 Å². The topological polar surface area (TPSA) is 64.9 Å². The number of hydrogen-bond donors (Lipinski definition) is 2. The molecule has 0 saturated carbocycles. The van der Waals surface area contributed by atoms with E-state index in [0.717, 1.165) is 22.4 Å². The number of nitrogens with zero attached hydrogens (tertiary/aromatic N) is 1. The fraction of sp³-hybridized carbons (Fsp3) is 0.375. The van der Waals surface area contributed by atoms with Crippen LogP contribution < -0.4 is 10.9 Å². The van der Waals surface area contributed by atoms with Gasteiger partial charge in [0.15, 0.2) is 0 Å². The molecule has 3 nitrogen and oxygen atoms in total. The van der Waals surface area contributed by atoms with Crippen LogP contribution in [0.5, 0.6) is 0 Å². The summed E-state index contributed by atoms with van der Waals surface area (Å²) in [6.45, 7) is 5.95. The van der Waals surface area contributed by atoms with Crippen molar-refractivity contribution < 1.29 is 0 Å². The van der Waals surface area contributed by atoms with Gasteiger partial charge in [-0.1, -0.05) is 13.8 Å². The van der Waals surface area contributed by atoms with E-state index in [-0.39, 0.29) is 0 Å². The van der Waals surface area contributed by atoms with Gasteiger partial charge >= 0.3 is 0 Å². The molecule has 0 atom stereocenters. The molecule has 0 amide bonds. The molecule has 0 radical (unpaired) electrons. The standard InChI is InChI=1S/C6H9N3S.C2H6/c1-4-2-3-9-6(7)5(4)10-8;1-2/h2-3H,8H2,1H3,(H2,7,9);1-2H3. The molecule has 0 aromatic carbocycles. The Bertz CT molecular complexity index is 217. The number of aromatic nitrogens is 1. The highest BCUT2D eigenvalue weighted by molar-refractivity contribution is 7.97. The zero-order valence-electron chi connectivity index (χ0n) is 7.66. The van der Waals surface area contributed by atoms with Gasteiger partial charge in [-0.3, -0.25) is 5.14 Å². The first-order chi connectivity index (χ1) is 5.75. The monoisotopic (exact) mass is 185 g/mol. The Morgan fingerprint density at radius 1 is 1.42 bits per heavy atom. The van der Waals surface area contributed by atoms with E-state index in [1.54, 1.807) is 6.20 Å². The molecule has 4 heteroatoms. The number of anilines is 1. The highest BCUT2D eigenvalue weighted by atomic mass is 32.2. The average Bonchev–Trinajstić information content (AvgIpc) is 2.08. The van der Waals surface area contributed by atoms with Crippen LogP contribution in [0.3, 0.4) is 0 Å². The summed E-state index contributed by atoms with van der Waals surface area (Å²) >= 11 is 1.13. The van der Waals surface area contributed by atoms with Crippen molar-refractivity contribution in [3.05, 3.63) is 17.8 Å². The van der Waals surface area contributed by atoms with Crippen LogP contribution in [-0.2, 0) is 0 Å². The van der Waals surface area contributed by atoms with Crippen molar-refractivity contribution in [2.24, 2.45) is 5.14 Å². The second kappa shape index (κ2) is 5.85. The van der Waals surface area contributed by atoms with Crippen LogP contribution in [-0.4, -0.2) is 4.98 Å². The number of hydrogen-bond acceptors (Lipinski definition) is 4. The first-order valence-corrected chi connectivity index (χ1v) is 4.71. The molecular weight excluding hydrogens is 170 g/mol. The molecule has 4 N–H and O–H groups in total.